The summed E-state index contributed by atoms with van der Waals surface area (Å²) >= 11 is 0. The Morgan fingerprint density at radius 3 is 2.68 bits per heavy atom. The fraction of sp³-hybridized carbons (Fsp3) is 0.133. The monoisotopic (exact) mass is 258 g/mol. The molecule has 0 aliphatic rings. The van der Waals surface area contributed by atoms with Crippen molar-refractivity contribution in [2.24, 2.45) is 0 Å². The molecule has 0 aliphatic heterocycles. The number of nitrogens with one attached hydrogen (secondary N) is 2. The van der Waals surface area contributed by atoms with Crippen molar-refractivity contribution in [1.29, 1.82) is 0 Å². The van der Waals surface area contributed by atoms with E-state index in [1.165, 1.54) is 18.2 Å². The van der Waals surface area contributed by atoms with Crippen molar-refractivity contribution >= 4 is 11.6 Å². The van der Waals surface area contributed by atoms with Crippen molar-refractivity contribution < 1.29 is 9.18 Å². The Bertz CT molecular complexity index is 584. The second kappa shape index (κ2) is 6.11. The molecule has 2 rings (SSSR count). The SMILES string of the molecule is CNCc1ccccc1NC(=O)c1cccc(F)c1. The van der Waals surface area contributed by atoms with Crippen LogP contribution >= 0.6 is 0 Å². The lowest BCUT2D eigenvalue weighted by Crippen LogP contribution is -2.15. The first-order valence-electron chi connectivity index (χ1n) is 6.00. The van der Waals surface area contributed by atoms with Gasteiger partial charge in [0.2, 0.25) is 0 Å². The van der Waals surface area contributed by atoms with E-state index in [1.807, 2.05) is 31.3 Å². The molecule has 0 heterocycles. The lowest BCUT2D eigenvalue weighted by molar-refractivity contribution is 0.102. The van der Waals surface area contributed by atoms with Crippen molar-refractivity contribution in [3.63, 3.8) is 0 Å². The van der Waals surface area contributed by atoms with Crippen molar-refractivity contribution in [2.45, 2.75) is 6.54 Å². The van der Waals surface area contributed by atoms with Crippen molar-refractivity contribution in [1.82, 2.24) is 5.32 Å². The minimum atomic E-state index is -0.420. The summed E-state index contributed by atoms with van der Waals surface area (Å²) in [7, 11) is 1.84. The van der Waals surface area contributed by atoms with E-state index in [-0.39, 0.29) is 5.91 Å². The Kier molecular flexibility index (Phi) is 4.26. The highest BCUT2D eigenvalue weighted by Gasteiger charge is 2.09. The molecule has 4 heteroatoms. The zero-order valence-corrected chi connectivity index (χ0v) is 10.6. The summed E-state index contributed by atoms with van der Waals surface area (Å²) in [6.45, 7) is 0.652. The van der Waals surface area contributed by atoms with E-state index in [9.17, 15) is 9.18 Å². The van der Waals surface area contributed by atoms with Crippen LogP contribution in [0, 0.1) is 5.82 Å². The molecular weight excluding hydrogens is 243 g/mol. The van der Waals surface area contributed by atoms with E-state index in [1.54, 1.807) is 6.07 Å². The molecule has 0 spiro atoms. The molecule has 0 atom stereocenters. The van der Waals surface area contributed by atoms with Crippen LogP contribution in [0.1, 0.15) is 15.9 Å². The molecule has 98 valence electrons. The Labute approximate surface area is 111 Å². The second-order valence-corrected chi connectivity index (χ2v) is 4.15. The van der Waals surface area contributed by atoms with E-state index in [4.69, 9.17) is 0 Å². The van der Waals surface area contributed by atoms with Gasteiger partial charge >= 0.3 is 0 Å². The predicted molar refractivity (Wildman–Crippen MR) is 73.6 cm³/mol. The number of para-hydroxylation sites is 1. The molecule has 2 aromatic rings. The van der Waals surface area contributed by atoms with Gasteiger partial charge in [0.25, 0.3) is 5.91 Å². The lowest BCUT2D eigenvalue weighted by Gasteiger charge is -2.10. The van der Waals surface area contributed by atoms with Crippen LogP contribution in [0.4, 0.5) is 10.1 Å². The van der Waals surface area contributed by atoms with E-state index < -0.39 is 5.82 Å². The maximum Gasteiger partial charge on any atom is 0.255 e. The van der Waals surface area contributed by atoms with Crippen LogP contribution in [0.25, 0.3) is 0 Å². The normalized spacial score (nSPS) is 10.2. The van der Waals surface area contributed by atoms with Gasteiger partial charge in [-0.05, 0) is 36.9 Å². The number of hydrogen-bond donors (Lipinski definition) is 2. The molecule has 0 bridgehead atoms. The molecule has 0 radical (unpaired) electrons. The fourth-order valence-electron chi connectivity index (χ4n) is 1.81. The Morgan fingerprint density at radius 2 is 1.95 bits per heavy atom. The zero-order valence-electron chi connectivity index (χ0n) is 10.6. The summed E-state index contributed by atoms with van der Waals surface area (Å²) in [5, 5.41) is 5.83. The number of anilines is 1. The first-order valence-corrected chi connectivity index (χ1v) is 6.00. The van der Waals surface area contributed by atoms with Gasteiger partial charge in [0, 0.05) is 17.8 Å². The van der Waals surface area contributed by atoms with Gasteiger partial charge in [-0.3, -0.25) is 4.79 Å². The van der Waals surface area contributed by atoms with E-state index in [0.29, 0.717) is 12.1 Å². The van der Waals surface area contributed by atoms with Crippen LogP contribution in [0.3, 0.4) is 0 Å². The number of carbonyl (C=O) groups excluding carboxylic acids is 1. The van der Waals surface area contributed by atoms with Crippen molar-refractivity contribution in [3.8, 4) is 0 Å². The smallest absolute Gasteiger partial charge is 0.255 e. The predicted octanol–water partition coefficient (Wildman–Crippen LogP) is 2.80. The van der Waals surface area contributed by atoms with Gasteiger partial charge < -0.3 is 10.6 Å². The molecule has 1 amide bonds. The molecule has 19 heavy (non-hydrogen) atoms. The summed E-state index contributed by atoms with van der Waals surface area (Å²) in [4.78, 5) is 12.0. The number of hydrogen-bond acceptors (Lipinski definition) is 2. The summed E-state index contributed by atoms with van der Waals surface area (Å²) in [5.41, 5.74) is 2.01. The molecule has 2 N–H and O–H groups in total. The van der Waals surface area contributed by atoms with Crippen LogP contribution in [0.2, 0.25) is 0 Å². The van der Waals surface area contributed by atoms with Crippen LogP contribution in [-0.2, 0) is 6.54 Å². The van der Waals surface area contributed by atoms with Gasteiger partial charge in [-0.1, -0.05) is 24.3 Å². The molecule has 0 aliphatic carbocycles. The fourth-order valence-corrected chi connectivity index (χ4v) is 1.81. The van der Waals surface area contributed by atoms with Gasteiger partial charge in [0.05, 0.1) is 0 Å². The van der Waals surface area contributed by atoms with Crippen molar-refractivity contribution in [2.75, 3.05) is 12.4 Å². The number of benzene rings is 2. The first-order chi connectivity index (χ1) is 9.20. The Hall–Kier alpha value is -2.20. The highest BCUT2D eigenvalue weighted by Crippen LogP contribution is 2.16. The van der Waals surface area contributed by atoms with E-state index in [2.05, 4.69) is 10.6 Å². The third kappa shape index (κ3) is 3.39. The quantitative estimate of drug-likeness (QED) is 0.885. The largest absolute Gasteiger partial charge is 0.322 e. The van der Waals surface area contributed by atoms with Gasteiger partial charge in [-0.15, -0.1) is 0 Å². The average Bonchev–Trinajstić information content (AvgIpc) is 2.41. The Balaban J connectivity index is 2.19. The number of rotatable bonds is 4. The minimum absolute atomic E-state index is 0.305. The van der Waals surface area contributed by atoms with Crippen LogP contribution in [-0.4, -0.2) is 13.0 Å². The summed E-state index contributed by atoms with van der Waals surface area (Å²) < 4.78 is 13.1. The molecule has 0 aromatic heterocycles. The van der Waals surface area contributed by atoms with Crippen molar-refractivity contribution in [3.05, 3.63) is 65.5 Å². The third-order valence-corrected chi connectivity index (χ3v) is 2.72. The average molecular weight is 258 g/mol. The topological polar surface area (TPSA) is 41.1 Å². The molecule has 0 fully saturated rings. The second-order valence-electron chi connectivity index (χ2n) is 4.15. The Morgan fingerprint density at radius 1 is 1.16 bits per heavy atom. The van der Waals surface area contributed by atoms with Gasteiger partial charge in [0.1, 0.15) is 5.82 Å². The molecule has 0 saturated carbocycles. The third-order valence-electron chi connectivity index (χ3n) is 2.72. The van der Waals surface area contributed by atoms with Gasteiger partial charge in [-0.25, -0.2) is 4.39 Å². The van der Waals surface area contributed by atoms with E-state index >= 15 is 0 Å². The molecule has 2 aromatic carbocycles. The van der Waals surface area contributed by atoms with Crippen LogP contribution in [0.5, 0.6) is 0 Å². The maximum absolute atomic E-state index is 13.1. The zero-order chi connectivity index (χ0) is 13.7. The molecule has 3 nitrogen and oxygen atoms in total. The summed E-state index contributed by atoms with van der Waals surface area (Å²) in [6, 6.07) is 13.1. The highest BCUT2D eigenvalue weighted by molar-refractivity contribution is 6.04. The maximum atomic E-state index is 13.1. The van der Waals surface area contributed by atoms with Gasteiger partial charge in [-0.2, -0.15) is 0 Å². The number of amides is 1. The molecule has 0 unspecified atom stereocenters. The standard InChI is InChI=1S/C15H15FN2O/c1-17-10-12-5-2-3-8-14(12)18-15(19)11-6-4-7-13(16)9-11/h2-9,17H,10H2,1H3,(H,18,19). The highest BCUT2D eigenvalue weighted by atomic mass is 19.1. The minimum Gasteiger partial charge on any atom is -0.322 e. The first kappa shape index (κ1) is 13.2. The summed E-state index contributed by atoms with van der Waals surface area (Å²) in [5.74, 6) is -0.737. The molecule has 0 saturated heterocycles. The van der Waals surface area contributed by atoms with Crippen LogP contribution < -0.4 is 10.6 Å². The van der Waals surface area contributed by atoms with E-state index in [0.717, 1.165) is 11.3 Å². The number of carbonyl (C=O) groups is 1. The summed E-state index contributed by atoms with van der Waals surface area (Å²) in [6.07, 6.45) is 0. The molecular formula is C15H15FN2O. The lowest BCUT2D eigenvalue weighted by atomic mass is 10.1. The van der Waals surface area contributed by atoms with Gasteiger partial charge in [0.15, 0.2) is 0 Å². The number of halogens is 1. The van der Waals surface area contributed by atoms with Crippen LogP contribution in [0.15, 0.2) is 48.5 Å².